The topological polar surface area (TPSA) is 83.7 Å². The van der Waals surface area contributed by atoms with Crippen LogP contribution in [0.2, 0.25) is 0 Å². The third-order valence-electron chi connectivity index (χ3n) is 2.71. The highest BCUT2D eigenvalue weighted by Gasteiger charge is 2.18. The van der Waals surface area contributed by atoms with Gasteiger partial charge in [-0.2, -0.15) is 0 Å². The standard InChI is InChI=1S/C10H23N3O3S/c1-4-13(5-2)8-7-12(3)17(15,16)9-6-10(11)14/h4-9H2,1-3H3,(H2,11,14). The lowest BCUT2D eigenvalue weighted by molar-refractivity contribution is -0.117. The van der Waals surface area contributed by atoms with Gasteiger partial charge >= 0.3 is 0 Å². The van der Waals surface area contributed by atoms with Crippen LogP contribution in [0.4, 0.5) is 0 Å². The smallest absolute Gasteiger partial charge is 0.218 e. The second-order valence-corrected chi connectivity index (χ2v) is 6.08. The van der Waals surface area contributed by atoms with E-state index in [2.05, 4.69) is 4.90 Å². The molecule has 1 amide bonds. The molecule has 0 aromatic rings. The van der Waals surface area contributed by atoms with Crippen molar-refractivity contribution in [1.29, 1.82) is 0 Å². The summed E-state index contributed by atoms with van der Waals surface area (Å²) >= 11 is 0. The predicted molar refractivity (Wildman–Crippen MR) is 68.0 cm³/mol. The molecule has 0 aromatic carbocycles. The number of carbonyl (C=O) groups is 1. The highest BCUT2D eigenvalue weighted by Crippen LogP contribution is 2.01. The van der Waals surface area contributed by atoms with Crippen LogP contribution in [0.3, 0.4) is 0 Å². The average molecular weight is 265 g/mol. The van der Waals surface area contributed by atoms with Gasteiger partial charge in [0.25, 0.3) is 0 Å². The van der Waals surface area contributed by atoms with Crippen molar-refractivity contribution in [3.63, 3.8) is 0 Å². The minimum Gasteiger partial charge on any atom is -0.370 e. The Labute approximate surface area is 104 Å². The van der Waals surface area contributed by atoms with Crippen molar-refractivity contribution in [2.45, 2.75) is 20.3 Å². The van der Waals surface area contributed by atoms with Gasteiger partial charge in [-0.1, -0.05) is 13.8 Å². The van der Waals surface area contributed by atoms with Gasteiger partial charge in [-0.05, 0) is 13.1 Å². The van der Waals surface area contributed by atoms with E-state index in [9.17, 15) is 13.2 Å². The number of sulfonamides is 1. The molecule has 0 unspecified atom stereocenters. The summed E-state index contributed by atoms with van der Waals surface area (Å²) in [5.41, 5.74) is 4.93. The van der Waals surface area contributed by atoms with Crippen molar-refractivity contribution in [3.05, 3.63) is 0 Å². The first-order valence-corrected chi connectivity index (χ1v) is 7.39. The number of amides is 1. The lowest BCUT2D eigenvalue weighted by Crippen LogP contribution is -2.37. The quantitative estimate of drug-likeness (QED) is 0.607. The Morgan fingerprint density at radius 3 is 2.12 bits per heavy atom. The summed E-state index contributed by atoms with van der Waals surface area (Å²) in [6, 6.07) is 0. The van der Waals surface area contributed by atoms with Gasteiger partial charge in [0.2, 0.25) is 15.9 Å². The molecule has 2 N–H and O–H groups in total. The largest absolute Gasteiger partial charge is 0.370 e. The number of carbonyl (C=O) groups excluding carboxylic acids is 1. The minimum atomic E-state index is -3.36. The molecule has 0 heterocycles. The second kappa shape index (κ2) is 7.62. The molecule has 102 valence electrons. The van der Waals surface area contributed by atoms with Gasteiger partial charge in [-0.25, -0.2) is 12.7 Å². The SMILES string of the molecule is CCN(CC)CCN(C)S(=O)(=O)CCC(N)=O. The molecule has 0 saturated heterocycles. The highest BCUT2D eigenvalue weighted by atomic mass is 32.2. The van der Waals surface area contributed by atoms with Crippen LogP contribution in [0.25, 0.3) is 0 Å². The summed E-state index contributed by atoms with van der Waals surface area (Å²) in [7, 11) is -1.83. The molecule has 7 heteroatoms. The lowest BCUT2D eigenvalue weighted by atomic mass is 10.5. The van der Waals surface area contributed by atoms with E-state index >= 15 is 0 Å². The normalized spacial score (nSPS) is 12.3. The maximum absolute atomic E-state index is 11.7. The van der Waals surface area contributed by atoms with E-state index in [4.69, 9.17) is 5.73 Å². The molecule has 0 rings (SSSR count). The number of hydrogen-bond acceptors (Lipinski definition) is 4. The van der Waals surface area contributed by atoms with Crippen molar-refractivity contribution in [2.24, 2.45) is 5.73 Å². The summed E-state index contributed by atoms with van der Waals surface area (Å²) in [6.07, 6.45) is -0.127. The molecule has 0 aliphatic rings. The van der Waals surface area contributed by atoms with Crippen LogP contribution in [-0.2, 0) is 14.8 Å². The maximum atomic E-state index is 11.7. The molecule has 0 radical (unpaired) electrons. The second-order valence-electron chi connectivity index (χ2n) is 3.88. The monoisotopic (exact) mass is 265 g/mol. The molecule has 0 fully saturated rings. The van der Waals surface area contributed by atoms with Crippen LogP contribution < -0.4 is 5.73 Å². The molecular formula is C10H23N3O3S. The Bertz CT molecular complexity index is 326. The molecule has 0 spiro atoms. The van der Waals surface area contributed by atoms with E-state index in [1.54, 1.807) is 0 Å². The van der Waals surface area contributed by atoms with Crippen LogP contribution in [0.1, 0.15) is 20.3 Å². The van der Waals surface area contributed by atoms with Gasteiger partial charge in [0.05, 0.1) is 5.75 Å². The van der Waals surface area contributed by atoms with Crippen LogP contribution in [0.15, 0.2) is 0 Å². The number of rotatable bonds is 9. The molecule has 17 heavy (non-hydrogen) atoms. The number of nitrogens with zero attached hydrogens (tertiary/aromatic N) is 2. The van der Waals surface area contributed by atoms with Crippen LogP contribution in [-0.4, -0.2) is 62.5 Å². The summed E-state index contributed by atoms with van der Waals surface area (Å²) < 4.78 is 24.7. The Balaban J connectivity index is 4.20. The summed E-state index contributed by atoms with van der Waals surface area (Å²) in [5.74, 6) is -0.803. The van der Waals surface area contributed by atoms with E-state index in [-0.39, 0.29) is 12.2 Å². The summed E-state index contributed by atoms with van der Waals surface area (Å²) in [4.78, 5) is 12.7. The van der Waals surface area contributed by atoms with Gasteiger partial charge in [-0.3, -0.25) is 4.79 Å². The molecule has 0 aliphatic carbocycles. The highest BCUT2D eigenvalue weighted by molar-refractivity contribution is 7.89. The average Bonchev–Trinajstić information content (AvgIpc) is 2.27. The van der Waals surface area contributed by atoms with Gasteiger partial charge < -0.3 is 10.6 Å². The van der Waals surface area contributed by atoms with E-state index in [1.807, 2.05) is 13.8 Å². The van der Waals surface area contributed by atoms with Gasteiger partial charge in [0.1, 0.15) is 0 Å². The summed E-state index contributed by atoms with van der Waals surface area (Å²) in [5, 5.41) is 0. The molecule has 6 nitrogen and oxygen atoms in total. The van der Waals surface area contributed by atoms with Gasteiger partial charge in [0, 0.05) is 26.6 Å². The third-order valence-corrected chi connectivity index (χ3v) is 4.56. The van der Waals surface area contributed by atoms with Crippen LogP contribution in [0.5, 0.6) is 0 Å². The van der Waals surface area contributed by atoms with E-state index < -0.39 is 15.9 Å². The molecule has 0 aromatic heterocycles. The van der Waals surface area contributed by atoms with Crippen LogP contribution >= 0.6 is 0 Å². The fraction of sp³-hybridized carbons (Fsp3) is 0.900. The predicted octanol–water partition coefficient (Wildman–Crippen LogP) is -0.535. The maximum Gasteiger partial charge on any atom is 0.218 e. The van der Waals surface area contributed by atoms with Crippen molar-refractivity contribution in [1.82, 2.24) is 9.21 Å². The number of primary amides is 1. The van der Waals surface area contributed by atoms with Crippen molar-refractivity contribution in [2.75, 3.05) is 39.0 Å². The lowest BCUT2D eigenvalue weighted by Gasteiger charge is -2.22. The zero-order valence-electron chi connectivity index (χ0n) is 10.8. The first-order chi connectivity index (χ1) is 7.83. The van der Waals surface area contributed by atoms with Gasteiger partial charge in [0.15, 0.2) is 0 Å². The first-order valence-electron chi connectivity index (χ1n) is 5.78. The molecular weight excluding hydrogens is 242 g/mol. The van der Waals surface area contributed by atoms with Crippen LogP contribution in [0, 0.1) is 0 Å². The van der Waals surface area contributed by atoms with E-state index in [0.717, 1.165) is 13.1 Å². The fourth-order valence-electron chi connectivity index (χ4n) is 1.35. The third kappa shape index (κ3) is 6.60. The minimum absolute atomic E-state index is 0.127. The molecule has 0 atom stereocenters. The summed E-state index contributed by atoms with van der Waals surface area (Å²) in [6.45, 7) is 6.98. The Morgan fingerprint density at radius 1 is 1.18 bits per heavy atom. The van der Waals surface area contributed by atoms with Crippen molar-refractivity contribution < 1.29 is 13.2 Å². The number of likely N-dealkylation sites (N-methyl/N-ethyl adjacent to an activating group) is 2. The van der Waals surface area contributed by atoms with E-state index in [0.29, 0.717) is 13.1 Å². The Morgan fingerprint density at radius 2 is 1.71 bits per heavy atom. The van der Waals surface area contributed by atoms with Crippen molar-refractivity contribution >= 4 is 15.9 Å². The Kier molecular flexibility index (Phi) is 7.33. The molecule has 0 aliphatic heterocycles. The number of nitrogens with two attached hydrogens (primary N) is 1. The Hall–Kier alpha value is -0.660. The number of hydrogen-bond donors (Lipinski definition) is 1. The van der Waals surface area contributed by atoms with Gasteiger partial charge in [-0.15, -0.1) is 0 Å². The zero-order chi connectivity index (χ0) is 13.5. The first kappa shape index (κ1) is 16.3. The zero-order valence-corrected chi connectivity index (χ0v) is 11.7. The molecule has 0 bridgehead atoms. The van der Waals surface area contributed by atoms with E-state index in [1.165, 1.54) is 11.4 Å². The molecule has 0 saturated carbocycles. The fourth-order valence-corrected chi connectivity index (χ4v) is 2.48. The van der Waals surface area contributed by atoms with Crippen molar-refractivity contribution in [3.8, 4) is 0 Å².